The van der Waals surface area contributed by atoms with Gasteiger partial charge in [0.05, 0.1) is 11.6 Å². The summed E-state index contributed by atoms with van der Waals surface area (Å²) in [5.41, 5.74) is 4.07. The first-order valence-electron chi connectivity index (χ1n) is 8.05. The fourth-order valence-electron chi connectivity index (χ4n) is 2.42. The number of rotatable bonds is 7. The van der Waals surface area contributed by atoms with E-state index in [0.29, 0.717) is 24.9 Å². The number of carbonyl (C=O) groups excluding carboxylic acids is 1. The summed E-state index contributed by atoms with van der Waals surface area (Å²) in [6.45, 7) is 1.46. The molecule has 0 aliphatic rings. The zero-order chi connectivity index (χ0) is 17.4. The SMILES string of the molecule is CN(C)Cc1ccc(CNC(=O)CCc2ccc(C#N)cc2)cc1. The third kappa shape index (κ3) is 5.86. The molecule has 2 aromatic rings. The van der Waals surface area contributed by atoms with Crippen molar-refractivity contribution in [3.8, 4) is 6.07 Å². The average molecular weight is 321 g/mol. The summed E-state index contributed by atoms with van der Waals surface area (Å²) < 4.78 is 0. The molecule has 0 heterocycles. The van der Waals surface area contributed by atoms with Crippen molar-refractivity contribution in [2.24, 2.45) is 0 Å². The van der Waals surface area contributed by atoms with Gasteiger partial charge in [0.2, 0.25) is 5.91 Å². The lowest BCUT2D eigenvalue weighted by Crippen LogP contribution is -2.23. The molecule has 0 fully saturated rings. The molecule has 24 heavy (non-hydrogen) atoms. The van der Waals surface area contributed by atoms with Crippen LogP contribution < -0.4 is 5.32 Å². The van der Waals surface area contributed by atoms with E-state index in [2.05, 4.69) is 40.6 Å². The highest BCUT2D eigenvalue weighted by molar-refractivity contribution is 5.76. The summed E-state index contributed by atoms with van der Waals surface area (Å²) in [5, 5.41) is 11.7. The van der Waals surface area contributed by atoms with E-state index >= 15 is 0 Å². The van der Waals surface area contributed by atoms with E-state index in [1.165, 1.54) is 5.56 Å². The van der Waals surface area contributed by atoms with E-state index in [-0.39, 0.29) is 5.91 Å². The Morgan fingerprint density at radius 3 is 2.17 bits per heavy atom. The Hall–Kier alpha value is -2.64. The molecule has 0 aliphatic carbocycles. The van der Waals surface area contributed by atoms with Crippen molar-refractivity contribution in [3.63, 3.8) is 0 Å². The van der Waals surface area contributed by atoms with E-state index in [1.54, 1.807) is 12.1 Å². The van der Waals surface area contributed by atoms with Crippen LogP contribution in [0.1, 0.15) is 28.7 Å². The smallest absolute Gasteiger partial charge is 0.220 e. The predicted molar refractivity (Wildman–Crippen MR) is 95.2 cm³/mol. The molecule has 124 valence electrons. The summed E-state index contributed by atoms with van der Waals surface area (Å²) in [4.78, 5) is 14.1. The van der Waals surface area contributed by atoms with Crippen molar-refractivity contribution in [1.82, 2.24) is 10.2 Å². The molecular formula is C20H23N3O. The number of benzene rings is 2. The molecule has 0 saturated carbocycles. The van der Waals surface area contributed by atoms with Gasteiger partial charge in [0.15, 0.2) is 0 Å². The van der Waals surface area contributed by atoms with Crippen molar-refractivity contribution in [2.75, 3.05) is 14.1 Å². The molecule has 4 nitrogen and oxygen atoms in total. The Bertz CT molecular complexity index is 697. The van der Waals surface area contributed by atoms with Gasteiger partial charge in [-0.15, -0.1) is 0 Å². The summed E-state index contributed by atoms with van der Waals surface area (Å²) in [6, 6.07) is 17.7. The molecule has 4 heteroatoms. The zero-order valence-corrected chi connectivity index (χ0v) is 14.2. The molecule has 0 bridgehead atoms. The monoisotopic (exact) mass is 321 g/mol. The van der Waals surface area contributed by atoms with Crippen molar-refractivity contribution < 1.29 is 4.79 Å². The van der Waals surface area contributed by atoms with Gasteiger partial charge in [-0.3, -0.25) is 4.79 Å². The van der Waals surface area contributed by atoms with E-state index in [4.69, 9.17) is 5.26 Å². The van der Waals surface area contributed by atoms with Crippen LogP contribution in [-0.2, 0) is 24.3 Å². The number of nitriles is 1. The van der Waals surface area contributed by atoms with Crippen LogP contribution in [-0.4, -0.2) is 24.9 Å². The lowest BCUT2D eigenvalue weighted by atomic mass is 10.1. The standard InChI is InChI=1S/C20H23N3O/c1-23(2)15-19-9-7-18(8-10-19)14-22-20(24)12-11-16-3-5-17(13-21)6-4-16/h3-10H,11-12,14-15H2,1-2H3,(H,22,24). The van der Waals surface area contributed by atoms with Crippen LogP contribution in [0.5, 0.6) is 0 Å². The highest BCUT2D eigenvalue weighted by Gasteiger charge is 2.03. The van der Waals surface area contributed by atoms with Crippen molar-refractivity contribution in [3.05, 3.63) is 70.8 Å². The number of nitrogens with one attached hydrogen (secondary N) is 1. The van der Waals surface area contributed by atoms with Crippen molar-refractivity contribution in [2.45, 2.75) is 25.9 Å². The van der Waals surface area contributed by atoms with E-state index in [0.717, 1.165) is 17.7 Å². The van der Waals surface area contributed by atoms with Crippen molar-refractivity contribution in [1.29, 1.82) is 5.26 Å². The van der Waals surface area contributed by atoms with Gasteiger partial charge in [-0.25, -0.2) is 0 Å². The fraction of sp³-hybridized carbons (Fsp3) is 0.300. The molecule has 0 aliphatic heterocycles. The lowest BCUT2D eigenvalue weighted by Gasteiger charge is -2.10. The molecule has 0 atom stereocenters. The minimum absolute atomic E-state index is 0.0386. The van der Waals surface area contributed by atoms with E-state index in [9.17, 15) is 4.79 Å². The molecule has 2 rings (SSSR count). The molecule has 0 radical (unpaired) electrons. The highest BCUT2D eigenvalue weighted by Crippen LogP contribution is 2.08. The summed E-state index contributed by atoms with van der Waals surface area (Å²) >= 11 is 0. The van der Waals surface area contributed by atoms with Gasteiger partial charge in [0.25, 0.3) is 0 Å². The van der Waals surface area contributed by atoms with Gasteiger partial charge >= 0.3 is 0 Å². The normalized spacial score (nSPS) is 10.4. The maximum Gasteiger partial charge on any atom is 0.220 e. The van der Waals surface area contributed by atoms with Gasteiger partial charge in [0.1, 0.15) is 0 Å². The molecule has 0 aromatic heterocycles. The average Bonchev–Trinajstić information content (AvgIpc) is 2.59. The highest BCUT2D eigenvalue weighted by atomic mass is 16.1. The first-order chi connectivity index (χ1) is 11.6. The second kappa shape index (κ2) is 8.85. The van der Waals surface area contributed by atoms with E-state index < -0.39 is 0 Å². The first-order valence-corrected chi connectivity index (χ1v) is 8.05. The van der Waals surface area contributed by atoms with Crippen LogP contribution in [0.3, 0.4) is 0 Å². The van der Waals surface area contributed by atoms with Crippen LogP contribution in [0.4, 0.5) is 0 Å². The van der Waals surface area contributed by atoms with Gasteiger partial charge < -0.3 is 10.2 Å². The Labute approximate surface area is 143 Å². The lowest BCUT2D eigenvalue weighted by molar-refractivity contribution is -0.121. The summed E-state index contributed by atoms with van der Waals surface area (Å²) in [6.07, 6.45) is 1.13. The Morgan fingerprint density at radius 1 is 1.00 bits per heavy atom. The zero-order valence-electron chi connectivity index (χ0n) is 14.2. The number of nitrogens with zero attached hydrogens (tertiary/aromatic N) is 2. The molecule has 2 aromatic carbocycles. The molecule has 0 saturated heterocycles. The van der Waals surface area contributed by atoms with Crippen molar-refractivity contribution >= 4 is 5.91 Å². The Morgan fingerprint density at radius 2 is 1.58 bits per heavy atom. The third-order valence-corrected chi connectivity index (χ3v) is 3.74. The number of amides is 1. The number of hydrogen-bond donors (Lipinski definition) is 1. The number of carbonyl (C=O) groups is 1. The van der Waals surface area contributed by atoms with Gasteiger partial charge in [-0.05, 0) is 49.3 Å². The van der Waals surface area contributed by atoms with Crippen LogP contribution >= 0.6 is 0 Å². The quantitative estimate of drug-likeness (QED) is 0.853. The van der Waals surface area contributed by atoms with Gasteiger partial charge in [-0.2, -0.15) is 5.26 Å². The van der Waals surface area contributed by atoms with Crippen LogP contribution in [0, 0.1) is 11.3 Å². The largest absolute Gasteiger partial charge is 0.352 e. The minimum Gasteiger partial charge on any atom is -0.352 e. The van der Waals surface area contributed by atoms with Gasteiger partial charge in [-0.1, -0.05) is 36.4 Å². The minimum atomic E-state index is 0.0386. The summed E-state index contributed by atoms with van der Waals surface area (Å²) in [7, 11) is 4.09. The predicted octanol–water partition coefficient (Wildman–Crippen LogP) is 2.87. The molecule has 0 spiro atoms. The molecular weight excluding hydrogens is 298 g/mol. The molecule has 1 N–H and O–H groups in total. The molecule has 0 unspecified atom stereocenters. The van der Waals surface area contributed by atoms with Gasteiger partial charge in [0, 0.05) is 19.5 Å². The fourth-order valence-corrected chi connectivity index (χ4v) is 2.42. The maximum atomic E-state index is 12.0. The van der Waals surface area contributed by atoms with Crippen LogP contribution in [0.25, 0.3) is 0 Å². The topological polar surface area (TPSA) is 56.1 Å². The van der Waals surface area contributed by atoms with Crippen LogP contribution in [0.15, 0.2) is 48.5 Å². The maximum absolute atomic E-state index is 12.0. The number of aryl methyl sites for hydroxylation is 1. The second-order valence-electron chi connectivity index (χ2n) is 6.14. The Kier molecular flexibility index (Phi) is 6.53. The third-order valence-electron chi connectivity index (χ3n) is 3.74. The first kappa shape index (κ1) is 17.7. The number of hydrogen-bond acceptors (Lipinski definition) is 3. The van der Waals surface area contributed by atoms with E-state index in [1.807, 2.05) is 26.2 Å². The second-order valence-corrected chi connectivity index (χ2v) is 6.14. The Balaban J connectivity index is 1.75. The van der Waals surface area contributed by atoms with Crippen LogP contribution in [0.2, 0.25) is 0 Å². The molecule has 1 amide bonds. The summed E-state index contributed by atoms with van der Waals surface area (Å²) in [5.74, 6) is 0.0386.